The van der Waals surface area contributed by atoms with E-state index < -0.39 is 0 Å². The van der Waals surface area contributed by atoms with Crippen LogP contribution in [-0.2, 0) is 0 Å². The average Bonchev–Trinajstić information content (AvgIpc) is 3.70. The second-order valence-corrected chi connectivity index (χ2v) is 11.2. The van der Waals surface area contributed by atoms with Crippen LogP contribution < -0.4 is 10.9 Å². The number of benzene rings is 6. The molecule has 0 aliphatic carbocycles. The summed E-state index contributed by atoms with van der Waals surface area (Å²) >= 11 is 0. The van der Waals surface area contributed by atoms with Crippen LogP contribution in [-0.4, -0.2) is 15.9 Å². The lowest BCUT2D eigenvalue weighted by Gasteiger charge is -2.28. The molecule has 42 heavy (non-hydrogen) atoms. The quantitative estimate of drug-likeness (QED) is 0.154. The van der Waals surface area contributed by atoms with Gasteiger partial charge in [0.05, 0.1) is 17.6 Å². The summed E-state index contributed by atoms with van der Waals surface area (Å²) in [6.07, 6.45) is 0. The summed E-state index contributed by atoms with van der Waals surface area (Å²) in [5, 5.41) is 7.03. The number of nitrogens with zero attached hydrogens (tertiary/aromatic N) is 3. The van der Waals surface area contributed by atoms with E-state index in [-0.39, 0.29) is 6.85 Å². The van der Waals surface area contributed by atoms with E-state index in [0.29, 0.717) is 5.69 Å². The molecule has 0 spiro atoms. The normalized spacial score (nSPS) is 12.7. The van der Waals surface area contributed by atoms with Crippen molar-refractivity contribution in [2.75, 3.05) is 0 Å². The topological polar surface area (TPSA) is 27.4 Å². The van der Waals surface area contributed by atoms with E-state index in [4.69, 9.17) is 11.0 Å². The molecule has 0 saturated heterocycles. The van der Waals surface area contributed by atoms with Crippen molar-refractivity contribution in [3.63, 3.8) is 0 Å². The van der Waals surface area contributed by atoms with Gasteiger partial charge in [-0.1, -0.05) is 91.0 Å². The Morgan fingerprint density at radius 3 is 2.19 bits per heavy atom. The van der Waals surface area contributed by atoms with Crippen LogP contribution in [0.1, 0.15) is 0 Å². The lowest BCUT2D eigenvalue weighted by atomic mass is 9.48. The molecule has 0 atom stereocenters. The predicted octanol–water partition coefficient (Wildman–Crippen LogP) is 8.31. The first-order valence-corrected chi connectivity index (χ1v) is 14.2. The highest BCUT2D eigenvalue weighted by molar-refractivity contribution is 6.88. The SMILES string of the molecule is [C-]#[N+]c1ccc2c3cccc4c3n(c2c1)-c1ccccc1B4n1c2ccccc2c2ccc3c4ccccc4oc3c21. The third kappa shape index (κ3) is 2.58. The molecule has 1 aliphatic heterocycles. The van der Waals surface area contributed by atoms with Gasteiger partial charge in [0.25, 0.3) is 0 Å². The molecule has 192 valence electrons. The molecule has 0 fully saturated rings. The van der Waals surface area contributed by atoms with Crippen LogP contribution >= 0.6 is 0 Å². The van der Waals surface area contributed by atoms with Crippen LogP contribution in [0.3, 0.4) is 0 Å². The van der Waals surface area contributed by atoms with Crippen molar-refractivity contribution in [2.24, 2.45) is 0 Å². The Balaban J connectivity index is 1.43. The first-order valence-electron chi connectivity index (χ1n) is 14.2. The summed E-state index contributed by atoms with van der Waals surface area (Å²) in [4.78, 5) is 3.76. The highest BCUT2D eigenvalue weighted by Crippen LogP contribution is 2.40. The molecule has 0 bridgehead atoms. The molecule has 0 unspecified atom stereocenters. The molecule has 4 heterocycles. The summed E-state index contributed by atoms with van der Waals surface area (Å²) in [6, 6.07) is 42.9. The van der Waals surface area contributed by atoms with E-state index in [1.807, 2.05) is 18.2 Å². The van der Waals surface area contributed by atoms with Crippen LogP contribution in [0.15, 0.2) is 126 Å². The first kappa shape index (κ1) is 22.0. The monoisotopic (exact) mass is 533 g/mol. The van der Waals surface area contributed by atoms with E-state index in [2.05, 4.69) is 117 Å². The number of aromatic nitrogens is 2. The second-order valence-electron chi connectivity index (χ2n) is 11.2. The van der Waals surface area contributed by atoms with Crippen molar-refractivity contribution >= 4 is 89.0 Å². The van der Waals surface area contributed by atoms with Crippen molar-refractivity contribution < 1.29 is 4.42 Å². The van der Waals surface area contributed by atoms with Crippen molar-refractivity contribution in [1.29, 1.82) is 0 Å². The molecule has 9 aromatic rings. The Morgan fingerprint density at radius 2 is 1.26 bits per heavy atom. The Hall–Kier alpha value is -5.73. The van der Waals surface area contributed by atoms with Crippen LogP contribution in [0.25, 0.3) is 76.1 Å². The Kier molecular flexibility index (Phi) is 4.05. The second kappa shape index (κ2) is 7.72. The molecule has 0 saturated carbocycles. The Bertz CT molecular complexity index is 2660. The van der Waals surface area contributed by atoms with Crippen LogP contribution in [0.4, 0.5) is 5.69 Å². The van der Waals surface area contributed by atoms with Gasteiger partial charge >= 0.3 is 6.85 Å². The van der Waals surface area contributed by atoms with E-state index in [0.717, 1.165) is 44.0 Å². The molecule has 1 aliphatic rings. The van der Waals surface area contributed by atoms with Crippen molar-refractivity contribution in [3.05, 3.63) is 133 Å². The number of hydrogen-bond donors (Lipinski definition) is 0. The maximum Gasteiger partial charge on any atom is 0.332 e. The average molecular weight is 533 g/mol. The lowest BCUT2D eigenvalue weighted by Crippen LogP contribution is -2.53. The number of fused-ring (bicyclic) bond motifs is 12. The Labute approximate surface area is 240 Å². The summed E-state index contributed by atoms with van der Waals surface area (Å²) in [5.74, 6) is 0. The number of rotatable bonds is 1. The van der Waals surface area contributed by atoms with Gasteiger partial charge in [-0.25, -0.2) is 4.85 Å². The molecule has 5 heteroatoms. The third-order valence-corrected chi connectivity index (χ3v) is 9.17. The smallest absolute Gasteiger partial charge is 0.332 e. The van der Waals surface area contributed by atoms with E-state index in [1.54, 1.807) is 0 Å². The standard InChI is InChI=1S/C37H20BN3O/c1-39-22-17-18-24-26-11-8-13-30-35(26)40(33(24)21-22)32-15-6-4-12-29(32)38(30)41-31-14-5-2-9-23(31)27-19-20-28-25-10-3-7-16-34(25)42-37(28)36(27)41/h2-21H. The lowest BCUT2D eigenvalue weighted by molar-refractivity contribution is 0.671. The minimum absolute atomic E-state index is 0.0803. The van der Waals surface area contributed by atoms with E-state index >= 15 is 0 Å². The zero-order valence-corrected chi connectivity index (χ0v) is 22.4. The summed E-state index contributed by atoms with van der Waals surface area (Å²) in [7, 11) is 0. The summed E-state index contributed by atoms with van der Waals surface area (Å²) in [6.45, 7) is 7.59. The molecular formula is C37H20BN3O. The number of para-hydroxylation sites is 4. The fraction of sp³-hybridized carbons (Fsp3) is 0. The molecular weight excluding hydrogens is 513 g/mol. The highest BCUT2D eigenvalue weighted by atomic mass is 16.3. The summed E-state index contributed by atoms with van der Waals surface area (Å²) < 4.78 is 11.6. The number of furan rings is 1. The molecule has 3 aromatic heterocycles. The highest BCUT2D eigenvalue weighted by Gasteiger charge is 2.36. The van der Waals surface area contributed by atoms with Gasteiger partial charge in [0.2, 0.25) is 0 Å². The predicted molar refractivity (Wildman–Crippen MR) is 174 cm³/mol. The minimum Gasteiger partial charge on any atom is -0.454 e. The molecule has 6 aromatic carbocycles. The van der Waals surface area contributed by atoms with Crippen molar-refractivity contribution in [2.45, 2.75) is 0 Å². The maximum atomic E-state index is 7.67. The molecule has 0 amide bonds. The summed E-state index contributed by atoms with van der Waals surface area (Å²) in [5.41, 5.74) is 10.6. The maximum absolute atomic E-state index is 7.67. The van der Waals surface area contributed by atoms with Crippen molar-refractivity contribution in [3.8, 4) is 5.69 Å². The first-order chi connectivity index (χ1) is 20.8. The fourth-order valence-corrected chi connectivity index (χ4v) is 7.52. The Morgan fingerprint density at radius 1 is 0.571 bits per heavy atom. The largest absolute Gasteiger partial charge is 0.454 e. The zero-order chi connectivity index (χ0) is 27.5. The van der Waals surface area contributed by atoms with Crippen LogP contribution in [0.2, 0.25) is 0 Å². The third-order valence-electron chi connectivity index (χ3n) is 9.17. The molecule has 0 N–H and O–H groups in total. The van der Waals surface area contributed by atoms with E-state index in [1.165, 1.54) is 38.1 Å². The van der Waals surface area contributed by atoms with E-state index in [9.17, 15) is 0 Å². The molecule has 4 nitrogen and oxygen atoms in total. The van der Waals surface area contributed by atoms with Gasteiger partial charge in [0.1, 0.15) is 5.58 Å². The van der Waals surface area contributed by atoms with Crippen LogP contribution in [0.5, 0.6) is 0 Å². The van der Waals surface area contributed by atoms with Gasteiger partial charge < -0.3 is 13.5 Å². The molecule has 10 rings (SSSR count). The van der Waals surface area contributed by atoms with Gasteiger partial charge in [-0.15, -0.1) is 0 Å². The fourth-order valence-electron chi connectivity index (χ4n) is 7.52. The van der Waals surface area contributed by atoms with Crippen LogP contribution in [0, 0.1) is 6.57 Å². The zero-order valence-electron chi connectivity index (χ0n) is 22.4. The van der Waals surface area contributed by atoms with Gasteiger partial charge in [0.15, 0.2) is 11.3 Å². The minimum atomic E-state index is -0.0803. The molecule has 0 radical (unpaired) electrons. The van der Waals surface area contributed by atoms with Gasteiger partial charge in [0, 0.05) is 49.0 Å². The number of hydrogen-bond acceptors (Lipinski definition) is 1. The van der Waals surface area contributed by atoms with Gasteiger partial charge in [-0.2, -0.15) is 0 Å². The van der Waals surface area contributed by atoms with Gasteiger partial charge in [-0.05, 0) is 41.3 Å². The van der Waals surface area contributed by atoms with Gasteiger partial charge in [-0.3, -0.25) is 0 Å². The van der Waals surface area contributed by atoms with Crippen molar-refractivity contribution in [1.82, 2.24) is 9.05 Å².